The van der Waals surface area contributed by atoms with Gasteiger partial charge >= 0.3 is 0 Å². The van der Waals surface area contributed by atoms with Crippen molar-refractivity contribution in [1.82, 2.24) is 0 Å². The van der Waals surface area contributed by atoms with Gasteiger partial charge in [-0.2, -0.15) is 0 Å². The molecule has 0 amide bonds. The van der Waals surface area contributed by atoms with Gasteiger partial charge in [-0.15, -0.1) is 0 Å². The molecular weight excluding hydrogens is 264 g/mol. The van der Waals surface area contributed by atoms with Crippen molar-refractivity contribution in [2.24, 2.45) is 34.5 Å². The molecule has 0 aromatic rings. The Morgan fingerprint density at radius 1 is 1.27 bits per heavy atom. The predicted molar refractivity (Wildman–Crippen MR) is 96.7 cm³/mol. The summed E-state index contributed by atoms with van der Waals surface area (Å²) in [6.45, 7) is 12.2. The van der Waals surface area contributed by atoms with Crippen molar-refractivity contribution in [1.29, 1.82) is 0 Å². The summed E-state index contributed by atoms with van der Waals surface area (Å²) in [5.74, 6) is 3.56. The summed E-state index contributed by atoms with van der Waals surface area (Å²) in [5, 5.41) is 0. The molecule has 3 rings (SSSR count). The summed E-state index contributed by atoms with van der Waals surface area (Å²) in [6, 6.07) is 0. The van der Waals surface area contributed by atoms with E-state index in [4.69, 9.17) is 0 Å². The van der Waals surface area contributed by atoms with Gasteiger partial charge in [0.1, 0.15) is 0 Å². The van der Waals surface area contributed by atoms with E-state index in [1.54, 1.807) is 5.57 Å². The van der Waals surface area contributed by atoms with Crippen molar-refractivity contribution in [2.45, 2.75) is 79.6 Å². The summed E-state index contributed by atoms with van der Waals surface area (Å²) in [7, 11) is 0. The van der Waals surface area contributed by atoms with Crippen LogP contribution in [0, 0.1) is 34.5 Å². The molecule has 22 heavy (non-hydrogen) atoms. The molecule has 5 atom stereocenters. The van der Waals surface area contributed by atoms with Crippen LogP contribution < -0.4 is 0 Å². The Balaban J connectivity index is 1.69. The second-order valence-corrected chi connectivity index (χ2v) is 9.48. The van der Waals surface area contributed by atoms with Crippen LogP contribution in [-0.2, 0) is 0 Å². The summed E-state index contributed by atoms with van der Waals surface area (Å²) in [4.78, 5) is 0. The van der Waals surface area contributed by atoms with Crippen LogP contribution in [0.4, 0.5) is 0 Å². The molecule has 0 bridgehead atoms. The molecule has 0 heteroatoms. The van der Waals surface area contributed by atoms with Gasteiger partial charge in [0.25, 0.3) is 0 Å². The Morgan fingerprint density at radius 2 is 2.05 bits per heavy atom. The molecule has 3 aliphatic rings. The average Bonchev–Trinajstić information content (AvgIpc) is 2.97. The number of allylic oxidation sites excluding steroid dienone is 4. The van der Waals surface area contributed by atoms with Crippen LogP contribution in [0.3, 0.4) is 0 Å². The average molecular weight is 301 g/mol. The predicted octanol–water partition coefficient (Wildman–Crippen LogP) is 6.78. The second kappa shape index (κ2) is 5.84. The normalized spacial score (nSPS) is 43.5. The van der Waals surface area contributed by atoms with Gasteiger partial charge in [-0.25, -0.2) is 0 Å². The molecule has 2 fully saturated rings. The lowest BCUT2D eigenvalue weighted by molar-refractivity contribution is 0.0886. The standard InChI is InChI=1S/C22H36/c1-6-18-8-7-12-22(5)19(9-10-20(18)22)16(2)14-17-11-13-21(3,4)15-17/h6,11,13,16-17,19-20H,7-10,12,14-15H2,1-5H3/b18-6+. The third-order valence-electron chi connectivity index (χ3n) is 7.38. The van der Waals surface area contributed by atoms with Crippen LogP contribution in [0.25, 0.3) is 0 Å². The van der Waals surface area contributed by atoms with E-state index in [0.29, 0.717) is 10.8 Å². The molecule has 5 unspecified atom stereocenters. The molecule has 0 heterocycles. The van der Waals surface area contributed by atoms with Gasteiger partial charge in [0, 0.05) is 0 Å². The van der Waals surface area contributed by atoms with Gasteiger partial charge in [-0.3, -0.25) is 0 Å². The maximum atomic E-state index is 2.63. The van der Waals surface area contributed by atoms with Crippen LogP contribution in [0.1, 0.15) is 79.6 Å². The highest BCUT2D eigenvalue weighted by molar-refractivity contribution is 5.18. The van der Waals surface area contributed by atoms with Gasteiger partial charge in [0.05, 0.1) is 0 Å². The van der Waals surface area contributed by atoms with Crippen molar-refractivity contribution in [3.05, 3.63) is 23.8 Å². The van der Waals surface area contributed by atoms with E-state index in [9.17, 15) is 0 Å². The van der Waals surface area contributed by atoms with Crippen molar-refractivity contribution in [3.63, 3.8) is 0 Å². The van der Waals surface area contributed by atoms with Crippen molar-refractivity contribution in [3.8, 4) is 0 Å². The largest absolute Gasteiger partial charge is 0.0882 e. The first-order valence-electron chi connectivity index (χ1n) is 9.70. The van der Waals surface area contributed by atoms with Crippen molar-refractivity contribution >= 4 is 0 Å². The van der Waals surface area contributed by atoms with Gasteiger partial charge in [-0.1, -0.05) is 51.5 Å². The minimum atomic E-state index is 0.440. The number of rotatable bonds is 3. The van der Waals surface area contributed by atoms with E-state index >= 15 is 0 Å². The smallest absolute Gasteiger partial charge is 0.0146 e. The lowest BCUT2D eigenvalue weighted by Gasteiger charge is -2.44. The number of fused-ring (bicyclic) bond motifs is 1. The summed E-state index contributed by atoms with van der Waals surface area (Å²) in [6.07, 6.45) is 17.4. The quantitative estimate of drug-likeness (QED) is 0.504. The first kappa shape index (κ1) is 16.3. The Labute approximate surface area is 138 Å². The van der Waals surface area contributed by atoms with Gasteiger partial charge in [-0.05, 0) is 86.4 Å². The highest BCUT2D eigenvalue weighted by Crippen LogP contribution is 2.60. The lowest BCUT2D eigenvalue weighted by Crippen LogP contribution is -2.36. The van der Waals surface area contributed by atoms with E-state index in [2.05, 4.69) is 52.8 Å². The molecule has 3 aliphatic carbocycles. The first-order chi connectivity index (χ1) is 10.4. The fourth-order valence-electron chi connectivity index (χ4n) is 6.37. The Bertz CT molecular complexity index is 466. The Hall–Kier alpha value is -0.520. The van der Waals surface area contributed by atoms with E-state index in [-0.39, 0.29) is 0 Å². The maximum absolute atomic E-state index is 2.63. The van der Waals surface area contributed by atoms with E-state index < -0.39 is 0 Å². The minimum absolute atomic E-state index is 0.440. The third kappa shape index (κ3) is 2.83. The van der Waals surface area contributed by atoms with E-state index in [1.165, 1.54) is 44.9 Å². The fraction of sp³-hybridized carbons (Fsp3) is 0.818. The summed E-state index contributed by atoms with van der Waals surface area (Å²) in [5.41, 5.74) is 2.82. The molecule has 0 saturated heterocycles. The SMILES string of the molecule is C/C=C1\CCCC2(C)C1CCC2C(C)CC1C=CC(C)(C)C1. The highest BCUT2D eigenvalue weighted by Gasteiger charge is 2.50. The van der Waals surface area contributed by atoms with E-state index in [0.717, 1.165) is 23.7 Å². The number of hydrogen-bond acceptors (Lipinski definition) is 0. The first-order valence-corrected chi connectivity index (χ1v) is 9.70. The highest BCUT2D eigenvalue weighted by atomic mass is 14.5. The molecule has 0 nitrogen and oxygen atoms in total. The minimum Gasteiger partial charge on any atom is -0.0882 e. The zero-order valence-electron chi connectivity index (χ0n) is 15.5. The van der Waals surface area contributed by atoms with Crippen LogP contribution in [0.5, 0.6) is 0 Å². The van der Waals surface area contributed by atoms with Crippen LogP contribution in [-0.4, -0.2) is 0 Å². The molecule has 0 N–H and O–H groups in total. The summed E-state index contributed by atoms with van der Waals surface area (Å²) >= 11 is 0. The van der Waals surface area contributed by atoms with Gasteiger partial charge in [0.15, 0.2) is 0 Å². The molecule has 0 radical (unpaired) electrons. The molecule has 2 saturated carbocycles. The van der Waals surface area contributed by atoms with Crippen LogP contribution >= 0.6 is 0 Å². The van der Waals surface area contributed by atoms with Gasteiger partial charge in [0.2, 0.25) is 0 Å². The molecule has 0 spiro atoms. The fourth-order valence-corrected chi connectivity index (χ4v) is 6.37. The lowest BCUT2D eigenvalue weighted by atomic mass is 9.60. The second-order valence-electron chi connectivity index (χ2n) is 9.48. The zero-order chi connectivity index (χ0) is 16.0. The molecule has 0 aromatic carbocycles. The van der Waals surface area contributed by atoms with Crippen LogP contribution in [0.15, 0.2) is 23.8 Å². The molecule has 0 aromatic heterocycles. The van der Waals surface area contributed by atoms with Crippen molar-refractivity contribution in [2.75, 3.05) is 0 Å². The Kier molecular flexibility index (Phi) is 4.34. The van der Waals surface area contributed by atoms with E-state index in [1.807, 2.05) is 0 Å². The topological polar surface area (TPSA) is 0 Å². The van der Waals surface area contributed by atoms with Crippen LogP contribution in [0.2, 0.25) is 0 Å². The molecular formula is C22H36. The Morgan fingerprint density at radius 3 is 2.68 bits per heavy atom. The summed E-state index contributed by atoms with van der Waals surface area (Å²) < 4.78 is 0. The molecule has 0 aliphatic heterocycles. The monoisotopic (exact) mass is 300 g/mol. The third-order valence-corrected chi connectivity index (χ3v) is 7.38. The van der Waals surface area contributed by atoms with Crippen molar-refractivity contribution < 1.29 is 0 Å². The number of hydrogen-bond donors (Lipinski definition) is 0. The maximum Gasteiger partial charge on any atom is -0.0146 e. The van der Waals surface area contributed by atoms with Gasteiger partial charge < -0.3 is 0 Å². The molecule has 124 valence electrons. The zero-order valence-corrected chi connectivity index (χ0v) is 15.5.